The molecular formula is C19H28BNO4. The second-order valence-electron chi connectivity index (χ2n) is 8.34. The topological polar surface area (TPSA) is 56.8 Å². The fourth-order valence-corrected chi connectivity index (χ4v) is 3.06. The molecule has 2 fully saturated rings. The van der Waals surface area contributed by atoms with E-state index in [1.165, 1.54) is 0 Å². The second-order valence-corrected chi connectivity index (χ2v) is 8.34. The van der Waals surface area contributed by atoms with Crippen molar-refractivity contribution in [1.29, 1.82) is 0 Å². The fraction of sp³-hybridized carbons (Fsp3) is 0.632. The lowest BCUT2D eigenvalue weighted by Crippen LogP contribution is -2.49. The Bertz CT molecular complexity index is 619. The van der Waals surface area contributed by atoms with E-state index in [-0.39, 0.29) is 22.6 Å². The molecule has 136 valence electrons. The lowest BCUT2D eigenvalue weighted by molar-refractivity contribution is 0.00578. The van der Waals surface area contributed by atoms with Gasteiger partial charge in [-0.1, -0.05) is 12.1 Å². The zero-order valence-corrected chi connectivity index (χ0v) is 15.8. The highest BCUT2D eigenvalue weighted by Crippen LogP contribution is 2.36. The molecule has 0 bridgehead atoms. The Kier molecular flexibility index (Phi) is 4.73. The highest BCUT2D eigenvalue weighted by Gasteiger charge is 2.51. The first-order valence-corrected chi connectivity index (χ1v) is 8.98. The minimum atomic E-state index is -0.407. The predicted molar refractivity (Wildman–Crippen MR) is 98.1 cm³/mol. The Labute approximate surface area is 150 Å². The number of hydrogen-bond acceptors (Lipinski definition) is 4. The first-order chi connectivity index (χ1) is 11.6. The van der Waals surface area contributed by atoms with Crippen LogP contribution in [0.25, 0.3) is 0 Å². The predicted octanol–water partition coefficient (Wildman–Crippen LogP) is 2.28. The molecule has 0 spiro atoms. The van der Waals surface area contributed by atoms with Gasteiger partial charge in [0, 0.05) is 24.3 Å². The van der Waals surface area contributed by atoms with Crippen molar-refractivity contribution in [2.45, 2.75) is 64.2 Å². The van der Waals surface area contributed by atoms with Crippen molar-refractivity contribution in [3.8, 4) is 0 Å². The molecule has 2 heterocycles. The average Bonchev–Trinajstić information content (AvgIpc) is 2.76. The summed E-state index contributed by atoms with van der Waals surface area (Å²) in [4.78, 5) is 12.5. The van der Waals surface area contributed by atoms with E-state index in [9.17, 15) is 4.79 Å². The van der Waals surface area contributed by atoms with E-state index in [4.69, 9.17) is 14.0 Å². The lowest BCUT2D eigenvalue weighted by Gasteiger charge is -2.34. The van der Waals surface area contributed by atoms with Gasteiger partial charge in [0.2, 0.25) is 0 Å². The van der Waals surface area contributed by atoms with E-state index in [2.05, 4.69) is 12.2 Å². The third-order valence-corrected chi connectivity index (χ3v) is 5.71. The van der Waals surface area contributed by atoms with E-state index in [1.807, 2.05) is 52.0 Å². The first kappa shape index (κ1) is 18.4. The molecule has 25 heavy (non-hydrogen) atoms. The van der Waals surface area contributed by atoms with Crippen molar-refractivity contribution < 1.29 is 18.8 Å². The lowest BCUT2D eigenvalue weighted by atomic mass is 9.79. The van der Waals surface area contributed by atoms with Crippen LogP contribution in [0.5, 0.6) is 0 Å². The molecule has 6 heteroatoms. The van der Waals surface area contributed by atoms with Crippen LogP contribution < -0.4 is 10.8 Å². The van der Waals surface area contributed by atoms with Crippen molar-refractivity contribution in [3.05, 3.63) is 29.8 Å². The molecule has 0 unspecified atom stereocenters. The highest BCUT2D eigenvalue weighted by molar-refractivity contribution is 6.62. The van der Waals surface area contributed by atoms with Gasteiger partial charge in [-0.2, -0.15) is 0 Å². The largest absolute Gasteiger partial charge is 0.494 e. The van der Waals surface area contributed by atoms with Gasteiger partial charge in [0.05, 0.1) is 11.2 Å². The zero-order valence-electron chi connectivity index (χ0n) is 15.8. The molecule has 1 amide bonds. The Morgan fingerprint density at radius 1 is 0.960 bits per heavy atom. The number of carbonyl (C=O) groups is 1. The van der Waals surface area contributed by atoms with Crippen molar-refractivity contribution >= 4 is 18.5 Å². The van der Waals surface area contributed by atoms with Gasteiger partial charge >= 0.3 is 7.12 Å². The highest BCUT2D eigenvalue weighted by atomic mass is 16.7. The first-order valence-electron chi connectivity index (χ1n) is 8.98. The summed E-state index contributed by atoms with van der Waals surface area (Å²) in [6.07, 6.45) is 1.68. The molecule has 0 radical (unpaired) electrons. The Morgan fingerprint density at radius 3 is 2.00 bits per heavy atom. The Hall–Kier alpha value is -1.37. The summed E-state index contributed by atoms with van der Waals surface area (Å²) in [5.74, 6) is -0.0510. The molecule has 3 rings (SSSR count). The molecular weight excluding hydrogens is 317 g/mol. The fourth-order valence-electron chi connectivity index (χ4n) is 3.06. The van der Waals surface area contributed by atoms with Gasteiger partial charge in [-0.05, 0) is 65.1 Å². The van der Waals surface area contributed by atoms with E-state index < -0.39 is 7.12 Å². The maximum Gasteiger partial charge on any atom is 0.494 e. The summed E-state index contributed by atoms with van der Waals surface area (Å²) in [7, 11) is -0.407. The van der Waals surface area contributed by atoms with Crippen LogP contribution in [0.15, 0.2) is 24.3 Å². The molecule has 5 nitrogen and oxygen atoms in total. The third kappa shape index (κ3) is 3.76. The summed E-state index contributed by atoms with van der Waals surface area (Å²) in [5, 5.41) is 3.15. The van der Waals surface area contributed by atoms with Gasteiger partial charge in [-0.15, -0.1) is 0 Å². The van der Waals surface area contributed by atoms with Crippen LogP contribution in [0.1, 0.15) is 57.8 Å². The summed E-state index contributed by atoms with van der Waals surface area (Å²) in [6, 6.07) is 7.48. The summed E-state index contributed by atoms with van der Waals surface area (Å²) in [6.45, 7) is 11.6. The summed E-state index contributed by atoms with van der Waals surface area (Å²) in [5.41, 5.74) is 0.636. The summed E-state index contributed by atoms with van der Waals surface area (Å²) >= 11 is 0. The SMILES string of the molecule is CC1(NC(=O)c2ccc(B3OC(C)(C)C(C)(C)O3)cc2)CCOCC1. The van der Waals surface area contributed by atoms with Crippen LogP contribution in [0.2, 0.25) is 0 Å². The Balaban J connectivity index is 1.67. The van der Waals surface area contributed by atoms with E-state index in [0.29, 0.717) is 18.8 Å². The van der Waals surface area contributed by atoms with Crippen LogP contribution in [-0.2, 0) is 14.0 Å². The molecule has 1 aromatic rings. The third-order valence-electron chi connectivity index (χ3n) is 5.71. The van der Waals surface area contributed by atoms with Gasteiger partial charge < -0.3 is 19.4 Å². The minimum Gasteiger partial charge on any atom is -0.399 e. The van der Waals surface area contributed by atoms with Gasteiger partial charge in [0.1, 0.15) is 0 Å². The number of benzene rings is 1. The molecule has 2 saturated heterocycles. The number of carbonyl (C=O) groups excluding carboxylic acids is 1. The maximum atomic E-state index is 12.5. The standard InChI is InChI=1S/C19H28BNO4/c1-17(2)18(3,4)25-20(24-17)15-8-6-14(7-9-15)16(22)21-19(5)10-12-23-13-11-19/h6-9H,10-13H2,1-5H3,(H,21,22). The number of rotatable bonds is 3. The molecule has 1 aromatic carbocycles. The van der Waals surface area contributed by atoms with Gasteiger partial charge in [0.25, 0.3) is 5.91 Å². The van der Waals surface area contributed by atoms with Crippen LogP contribution in [-0.4, -0.2) is 43.0 Å². The molecule has 0 aliphatic carbocycles. The molecule has 0 atom stereocenters. The van der Waals surface area contributed by atoms with E-state index in [0.717, 1.165) is 18.3 Å². The quantitative estimate of drug-likeness (QED) is 0.854. The number of ether oxygens (including phenoxy) is 1. The zero-order chi connectivity index (χ0) is 18.3. The molecule has 2 aliphatic heterocycles. The van der Waals surface area contributed by atoms with Gasteiger partial charge in [-0.3, -0.25) is 4.79 Å². The molecule has 0 aromatic heterocycles. The van der Waals surface area contributed by atoms with Gasteiger partial charge in [0.15, 0.2) is 0 Å². The minimum absolute atomic E-state index is 0.0510. The Morgan fingerprint density at radius 2 is 1.48 bits per heavy atom. The van der Waals surface area contributed by atoms with Crippen LogP contribution in [0.3, 0.4) is 0 Å². The molecule has 2 aliphatic rings. The van der Waals surface area contributed by atoms with E-state index >= 15 is 0 Å². The second kappa shape index (κ2) is 6.42. The number of hydrogen-bond donors (Lipinski definition) is 1. The van der Waals surface area contributed by atoms with Crippen molar-refractivity contribution in [2.75, 3.05) is 13.2 Å². The monoisotopic (exact) mass is 345 g/mol. The van der Waals surface area contributed by atoms with Crippen molar-refractivity contribution in [3.63, 3.8) is 0 Å². The van der Waals surface area contributed by atoms with Crippen molar-refractivity contribution in [2.24, 2.45) is 0 Å². The van der Waals surface area contributed by atoms with Crippen LogP contribution >= 0.6 is 0 Å². The van der Waals surface area contributed by atoms with Crippen LogP contribution in [0.4, 0.5) is 0 Å². The maximum absolute atomic E-state index is 12.5. The van der Waals surface area contributed by atoms with Crippen molar-refractivity contribution in [1.82, 2.24) is 5.32 Å². The van der Waals surface area contributed by atoms with Gasteiger partial charge in [-0.25, -0.2) is 0 Å². The van der Waals surface area contributed by atoms with E-state index in [1.54, 1.807) is 0 Å². The molecule has 0 saturated carbocycles. The number of amides is 1. The number of nitrogens with one attached hydrogen (secondary N) is 1. The summed E-state index contributed by atoms with van der Waals surface area (Å²) < 4.78 is 17.5. The normalized spacial score (nSPS) is 24.1. The van der Waals surface area contributed by atoms with Crippen LogP contribution in [0, 0.1) is 0 Å². The average molecular weight is 345 g/mol. The molecule has 1 N–H and O–H groups in total. The smallest absolute Gasteiger partial charge is 0.399 e.